The largest absolute Gasteiger partial charge is 0.478 e. The Morgan fingerprint density at radius 2 is 1.76 bits per heavy atom. The fourth-order valence-corrected chi connectivity index (χ4v) is 4.62. The standard InChI is InChI=1S/C25H15Cl2NO6/c26-15-7-6-13(10-16(15)27)28-24(29)23-20(12-5-8-18-19(9-12)32-11-31-18)21-22(34-23)14-3-1-2-4-17(14)33-25(21)30/h1-10,20,23H,11H2,(H,28,29)/t20-,23-/m1/s1. The first-order valence-corrected chi connectivity index (χ1v) is 11.1. The Bertz CT molecular complexity index is 1530. The molecule has 2 aliphatic heterocycles. The number of hydrogen-bond donors (Lipinski definition) is 1. The summed E-state index contributed by atoms with van der Waals surface area (Å²) in [6, 6.07) is 17.1. The number of halogens is 2. The molecule has 6 rings (SSSR count). The molecule has 0 bridgehead atoms. The van der Waals surface area contributed by atoms with Crippen LogP contribution in [0, 0.1) is 0 Å². The quantitative estimate of drug-likeness (QED) is 0.385. The van der Waals surface area contributed by atoms with Crippen LogP contribution in [0.3, 0.4) is 0 Å². The first kappa shape index (κ1) is 20.9. The van der Waals surface area contributed by atoms with Crippen LogP contribution in [0.4, 0.5) is 5.69 Å². The van der Waals surface area contributed by atoms with E-state index in [1.54, 1.807) is 54.6 Å². The topological polar surface area (TPSA) is 87.0 Å². The van der Waals surface area contributed by atoms with Crippen LogP contribution in [0.5, 0.6) is 17.2 Å². The third-order valence-electron chi connectivity index (χ3n) is 5.86. The van der Waals surface area contributed by atoms with Gasteiger partial charge in [0.25, 0.3) is 5.91 Å². The molecule has 0 saturated carbocycles. The Morgan fingerprint density at radius 3 is 2.62 bits per heavy atom. The fraction of sp³-hybridized carbons (Fsp3) is 0.120. The Kier molecular flexibility index (Phi) is 4.90. The molecule has 1 N–H and O–H groups in total. The van der Waals surface area contributed by atoms with Crippen molar-refractivity contribution in [1.29, 1.82) is 0 Å². The zero-order chi connectivity index (χ0) is 23.4. The van der Waals surface area contributed by atoms with E-state index in [1.807, 2.05) is 6.07 Å². The molecule has 0 radical (unpaired) electrons. The summed E-state index contributed by atoms with van der Waals surface area (Å²) in [6.45, 7) is 0.102. The fourth-order valence-electron chi connectivity index (χ4n) is 4.32. The van der Waals surface area contributed by atoms with Gasteiger partial charge >= 0.3 is 5.63 Å². The van der Waals surface area contributed by atoms with Crippen LogP contribution >= 0.6 is 23.2 Å². The van der Waals surface area contributed by atoms with Gasteiger partial charge in [0, 0.05) is 5.69 Å². The summed E-state index contributed by atoms with van der Waals surface area (Å²) in [7, 11) is 0. The van der Waals surface area contributed by atoms with Crippen molar-refractivity contribution >= 4 is 45.8 Å². The molecule has 2 aliphatic rings. The third-order valence-corrected chi connectivity index (χ3v) is 6.60. The number of carbonyl (C=O) groups excluding carboxylic acids is 1. The number of nitrogens with one attached hydrogen (secondary N) is 1. The second kappa shape index (κ2) is 7.97. The van der Waals surface area contributed by atoms with Crippen molar-refractivity contribution in [2.24, 2.45) is 0 Å². The molecule has 0 spiro atoms. The number of para-hydroxylation sites is 1. The number of benzene rings is 3. The summed E-state index contributed by atoms with van der Waals surface area (Å²) in [4.78, 5) is 26.5. The molecule has 1 aromatic heterocycles. The van der Waals surface area contributed by atoms with E-state index in [9.17, 15) is 9.59 Å². The highest BCUT2D eigenvalue weighted by molar-refractivity contribution is 6.42. The lowest BCUT2D eigenvalue weighted by molar-refractivity contribution is -0.122. The lowest BCUT2D eigenvalue weighted by Crippen LogP contribution is -2.35. The summed E-state index contributed by atoms with van der Waals surface area (Å²) in [5.41, 5.74) is 1.18. The number of amides is 1. The van der Waals surface area contributed by atoms with Crippen LogP contribution in [0.1, 0.15) is 17.0 Å². The normalized spacial score (nSPS) is 17.9. The average molecular weight is 496 g/mol. The number of anilines is 1. The number of ether oxygens (including phenoxy) is 3. The van der Waals surface area contributed by atoms with E-state index < -0.39 is 23.6 Å². The molecule has 3 aromatic carbocycles. The van der Waals surface area contributed by atoms with Crippen LogP contribution in [0.2, 0.25) is 10.0 Å². The SMILES string of the molecule is O=C(Nc1ccc(Cl)c(Cl)c1)[C@@H]1Oc2c(c(=O)oc3ccccc23)[C@H]1c1ccc2c(c1)OCO2. The van der Waals surface area contributed by atoms with Crippen molar-refractivity contribution in [3.8, 4) is 17.2 Å². The second-order valence-electron chi connectivity index (χ2n) is 7.88. The molecule has 34 heavy (non-hydrogen) atoms. The van der Waals surface area contributed by atoms with Gasteiger partial charge in [-0.2, -0.15) is 0 Å². The molecule has 170 valence electrons. The number of hydrogen-bond acceptors (Lipinski definition) is 6. The predicted molar refractivity (Wildman–Crippen MR) is 126 cm³/mol. The van der Waals surface area contributed by atoms with E-state index in [0.29, 0.717) is 49.5 Å². The van der Waals surface area contributed by atoms with Gasteiger partial charge in [0.1, 0.15) is 11.3 Å². The van der Waals surface area contributed by atoms with Gasteiger partial charge in [-0.05, 0) is 48.0 Å². The van der Waals surface area contributed by atoms with Gasteiger partial charge in [-0.3, -0.25) is 4.79 Å². The molecule has 0 aliphatic carbocycles. The van der Waals surface area contributed by atoms with Crippen molar-refractivity contribution in [3.63, 3.8) is 0 Å². The van der Waals surface area contributed by atoms with E-state index in [4.69, 9.17) is 41.8 Å². The van der Waals surface area contributed by atoms with E-state index in [0.717, 1.165) is 0 Å². The lowest BCUT2D eigenvalue weighted by atomic mass is 9.88. The Balaban J connectivity index is 1.47. The van der Waals surface area contributed by atoms with E-state index in [-0.39, 0.29) is 12.4 Å². The van der Waals surface area contributed by atoms with Crippen LogP contribution in [0.25, 0.3) is 11.0 Å². The smallest absolute Gasteiger partial charge is 0.344 e. The van der Waals surface area contributed by atoms with E-state index >= 15 is 0 Å². The van der Waals surface area contributed by atoms with E-state index in [1.165, 1.54) is 0 Å². The predicted octanol–water partition coefficient (Wildman–Crippen LogP) is 5.36. The molecular weight excluding hydrogens is 481 g/mol. The van der Waals surface area contributed by atoms with Crippen molar-refractivity contribution in [3.05, 3.63) is 92.3 Å². The van der Waals surface area contributed by atoms with Crippen molar-refractivity contribution < 1.29 is 23.4 Å². The Hall–Kier alpha value is -3.68. The van der Waals surface area contributed by atoms with Gasteiger partial charge in [0.2, 0.25) is 6.79 Å². The van der Waals surface area contributed by atoms with Gasteiger partial charge < -0.3 is 23.9 Å². The molecule has 7 nitrogen and oxygen atoms in total. The minimum absolute atomic E-state index is 0.102. The Labute approximate surface area is 202 Å². The highest BCUT2D eigenvalue weighted by Crippen LogP contribution is 2.46. The van der Waals surface area contributed by atoms with Crippen LogP contribution in [-0.4, -0.2) is 18.8 Å². The minimum atomic E-state index is -1.06. The first-order chi connectivity index (χ1) is 16.5. The molecule has 0 unspecified atom stereocenters. The summed E-state index contributed by atoms with van der Waals surface area (Å²) in [5.74, 6) is 0.239. The van der Waals surface area contributed by atoms with Gasteiger partial charge in [0.05, 0.1) is 26.9 Å². The highest BCUT2D eigenvalue weighted by atomic mass is 35.5. The summed E-state index contributed by atoms with van der Waals surface area (Å²) >= 11 is 12.1. The van der Waals surface area contributed by atoms with Gasteiger partial charge in [-0.15, -0.1) is 0 Å². The van der Waals surface area contributed by atoms with Crippen molar-refractivity contribution in [2.75, 3.05) is 12.1 Å². The molecule has 0 saturated heterocycles. The summed E-state index contributed by atoms with van der Waals surface area (Å²) < 4.78 is 22.7. The monoisotopic (exact) mass is 495 g/mol. The Morgan fingerprint density at radius 1 is 0.941 bits per heavy atom. The zero-order valence-corrected chi connectivity index (χ0v) is 18.9. The third kappa shape index (κ3) is 3.36. The maximum atomic E-state index is 13.4. The highest BCUT2D eigenvalue weighted by Gasteiger charge is 2.44. The number of carbonyl (C=O) groups is 1. The van der Waals surface area contributed by atoms with Crippen molar-refractivity contribution in [1.82, 2.24) is 0 Å². The van der Waals surface area contributed by atoms with Crippen molar-refractivity contribution in [2.45, 2.75) is 12.0 Å². The van der Waals surface area contributed by atoms with Gasteiger partial charge in [0.15, 0.2) is 17.6 Å². The number of fused-ring (bicyclic) bond motifs is 4. The number of rotatable bonds is 3. The first-order valence-electron chi connectivity index (χ1n) is 10.4. The molecule has 2 atom stereocenters. The molecule has 4 aromatic rings. The molecule has 9 heteroatoms. The lowest BCUT2D eigenvalue weighted by Gasteiger charge is -2.19. The second-order valence-corrected chi connectivity index (χ2v) is 8.69. The van der Waals surface area contributed by atoms with Crippen LogP contribution in [-0.2, 0) is 4.79 Å². The minimum Gasteiger partial charge on any atom is -0.478 e. The molecule has 0 fully saturated rings. The van der Waals surface area contributed by atoms with Gasteiger partial charge in [-0.1, -0.05) is 41.4 Å². The molecular formula is C25H15Cl2NO6. The van der Waals surface area contributed by atoms with E-state index in [2.05, 4.69) is 5.32 Å². The maximum Gasteiger partial charge on any atom is 0.344 e. The van der Waals surface area contributed by atoms with Crippen LogP contribution < -0.4 is 25.2 Å². The maximum absolute atomic E-state index is 13.4. The molecule has 3 heterocycles. The summed E-state index contributed by atoms with van der Waals surface area (Å²) in [5, 5.41) is 4.08. The van der Waals surface area contributed by atoms with Crippen LogP contribution in [0.15, 0.2) is 69.9 Å². The molecule has 1 amide bonds. The summed E-state index contributed by atoms with van der Waals surface area (Å²) in [6.07, 6.45) is -1.06. The van der Waals surface area contributed by atoms with Gasteiger partial charge in [-0.25, -0.2) is 4.79 Å². The average Bonchev–Trinajstić information content (AvgIpc) is 3.46. The zero-order valence-electron chi connectivity index (χ0n) is 17.3.